The van der Waals surface area contributed by atoms with Crippen LogP contribution in [-0.4, -0.2) is 42.6 Å². The van der Waals surface area contributed by atoms with Gasteiger partial charge in [-0.3, -0.25) is 0 Å². The zero-order chi connectivity index (χ0) is 10.7. The van der Waals surface area contributed by atoms with E-state index in [1.807, 2.05) is 0 Å². The average Bonchev–Trinajstić information content (AvgIpc) is 1.54. The van der Waals surface area contributed by atoms with Crippen LogP contribution in [0.3, 0.4) is 0 Å². The van der Waals surface area contributed by atoms with Gasteiger partial charge in [-0.15, -0.1) is 0 Å². The van der Waals surface area contributed by atoms with Crippen LogP contribution in [0, 0.1) is 86.4 Å². The number of hydrogen-bond donors (Lipinski definition) is 0. The maximum atomic E-state index is 8.25. The molecule has 0 aromatic heterocycles. The Kier molecular flexibility index (Phi) is 220. The van der Waals surface area contributed by atoms with Gasteiger partial charge in [0, 0.05) is 0 Å². The standard InChI is InChI=1S/3NO3.5H2O.Sm/c3*2-1(3)4;;;;;;/h;;;5*1H2;/q3*-1;;;;;;+3. The van der Waals surface area contributed by atoms with Gasteiger partial charge in [-0.05, 0) is 0 Å². The predicted octanol–water partition coefficient (Wildman–Crippen LogP) is -4.84. The molecule has 18 heavy (non-hydrogen) atoms. The van der Waals surface area contributed by atoms with E-state index in [2.05, 4.69) is 0 Å². The minimum absolute atomic E-state index is 0. The van der Waals surface area contributed by atoms with Gasteiger partial charge in [0.15, 0.2) is 0 Å². The Morgan fingerprint density at radius 2 is 0.444 bits per heavy atom. The van der Waals surface area contributed by atoms with Crippen LogP contribution in [0.5, 0.6) is 0 Å². The van der Waals surface area contributed by atoms with Gasteiger partial charge < -0.3 is 73.3 Å². The number of nitrogens with zero attached hydrogens (tertiary/aromatic N) is 3. The van der Waals surface area contributed by atoms with E-state index in [0.29, 0.717) is 0 Å². The van der Waals surface area contributed by atoms with E-state index in [4.69, 9.17) is 46.0 Å². The van der Waals surface area contributed by atoms with Crippen molar-refractivity contribution in [3.63, 3.8) is 0 Å². The molecular weight excluding hydrogens is 416 g/mol. The molecule has 0 atom stereocenters. The fraction of sp³-hybridized carbons (Fsp3) is 0. The van der Waals surface area contributed by atoms with Gasteiger partial charge in [-0.1, -0.05) is 0 Å². The first kappa shape index (κ1) is 69.2. The summed E-state index contributed by atoms with van der Waals surface area (Å²) in [7, 11) is 0. The minimum Gasteiger partial charge on any atom is -0.412 e. The summed E-state index contributed by atoms with van der Waals surface area (Å²) >= 11 is 0. The van der Waals surface area contributed by atoms with Crippen LogP contribution in [0.25, 0.3) is 0 Å². The van der Waals surface area contributed by atoms with Gasteiger partial charge in [-0.25, -0.2) is 0 Å². The summed E-state index contributed by atoms with van der Waals surface area (Å²) in [6, 6.07) is 0. The van der Waals surface area contributed by atoms with Crippen LogP contribution >= 0.6 is 0 Å². The molecule has 115 valence electrons. The van der Waals surface area contributed by atoms with Gasteiger partial charge in [0.25, 0.3) is 0 Å². The molecule has 0 aromatic rings. The summed E-state index contributed by atoms with van der Waals surface area (Å²) < 4.78 is 0. The summed E-state index contributed by atoms with van der Waals surface area (Å²) in [5.74, 6) is 0. The second kappa shape index (κ2) is 57.1. The smallest absolute Gasteiger partial charge is 0.412 e. The maximum absolute atomic E-state index is 8.25. The fourth-order valence-electron chi connectivity index (χ4n) is 0. The van der Waals surface area contributed by atoms with Crippen molar-refractivity contribution in [3.05, 3.63) is 46.0 Å². The Bertz CT molecular complexity index is 115. The van der Waals surface area contributed by atoms with E-state index < -0.39 is 15.3 Å². The molecule has 0 rings (SSSR count). The predicted molar refractivity (Wildman–Crippen MR) is 49.2 cm³/mol. The SMILES string of the molecule is O.O.O.O.O.O=[N+]([O-])[O-].O=[N+]([O-])[O-].O=[N+]([O-])[O-].[Sm+3]. The Balaban J connectivity index is -0.00000000827. The first-order valence-electron chi connectivity index (χ1n) is 1.64. The molecule has 0 unspecified atom stereocenters. The van der Waals surface area contributed by atoms with Gasteiger partial charge in [-0.2, -0.15) is 0 Å². The molecule has 0 bridgehead atoms. The summed E-state index contributed by atoms with van der Waals surface area (Å²) in [5, 5.41) is 44.2. The Morgan fingerprint density at radius 3 is 0.444 bits per heavy atom. The summed E-state index contributed by atoms with van der Waals surface area (Å²) in [6.45, 7) is 0. The molecule has 0 fully saturated rings. The topological polar surface area (TPSA) is 356 Å². The minimum atomic E-state index is -1.75. The van der Waals surface area contributed by atoms with Gasteiger partial charge >= 0.3 is 40.4 Å². The Morgan fingerprint density at radius 1 is 0.444 bits per heavy atom. The van der Waals surface area contributed by atoms with E-state index in [9.17, 15) is 0 Å². The molecule has 10 N–H and O–H groups in total. The Labute approximate surface area is 129 Å². The van der Waals surface area contributed by atoms with Crippen LogP contribution in [-0.2, 0) is 0 Å². The van der Waals surface area contributed by atoms with Crippen molar-refractivity contribution in [3.8, 4) is 0 Å². The van der Waals surface area contributed by atoms with Crippen molar-refractivity contribution in [2.24, 2.45) is 0 Å². The van der Waals surface area contributed by atoms with Crippen molar-refractivity contribution >= 4 is 0 Å². The first-order valence-corrected chi connectivity index (χ1v) is 1.64. The second-order valence-corrected chi connectivity index (χ2v) is 0.671. The first-order chi connectivity index (χ1) is 5.20. The van der Waals surface area contributed by atoms with Crippen LogP contribution in [0.1, 0.15) is 0 Å². The van der Waals surface area contributed by atoms with E-state index in [1.54, 1.807) is 0 Å². The molecule has 0 aromatic carbocycles. The van der Waals surface area contributed by atoms with Crippen LogP contribution in [0.2, 0.25) is 0 Å². The molecule has 17 nitrogen and oxygen atoms in total. The number of hydrogen-bond acceptors (Lipinski definition) is 9. The van der Waals surface area contributed by atoms with Crippen molar-refractivity contribution in [2.75, 3.05) is 0 Å². The third-order valence-corrected chi connectivity index (χ3v) is 0. The second-order valence-electron chi connectivity index (χ2n) is 0.671. The molecular formula is H10N3O14Sm. The zero-order valence-corrected chi connectivity index (χ0v) is 10.5. The fourth-order valence-corrected chi connectivity index (χ4v) is 0. The summed E-state index contributed by atoms with van der Waals surface area (Å²) in [5.41, 5.74) is 0. The van der Waals surface area contributed by atoms with E-state index in [-0.39, 0.29) is 67.8 Å². The average molecular weight is 426 g/mol. The maximum Gasteiger partial charge on any atom is 3.00 e. The summed E-state index contributed by atoms with van der Waals surface area (Å²) in [6.07, 6.45) is 0. The van der Waals surface area contributed by atoms with Crippen molar-refractivity contribution < 1.29 is 83.0 Å². The molecule has 0 aliphatic carbocycles. The molecule has 0 saturated heterocycles. The zero-order valence-electron chi connectivity index (χ0n) is 7.92. The van der Waals surface area contributed by atoms with E-state index >= 15 is 0 Å². The van der Waals surface area contributed by atoms with Crippen molar-refractivity contribution in [2.45, 2.75) is 0 Å². The third-order valence-electron chi connectivity index (χ3n) is 0. The van der Waals surface area contributed by atoms with Crippen LogP contribution < -0.4 is 0 Å². The molecule has 0 heterocycles. The quantitative estimate of drug-likeness (QED) is 0.264. The van der Waals surface area contributed by atoms with E-state index in [1.165, 1.54) is 0 Å². The van der Waals surface area contributed by atoms with Gasteiger partial charge in [0.1, 0.15) is 0 Å². The van der Waals surface area contributed by atoms with E-state index in [0.717, 1.165) is 0 Å². The molecule has 0 aliphatic heterocycles. The van der Waals surface area contributed by atoms with Gasteiger partial charge in [0.05, 0.1) is 15.3 Å². The number of rotatable bonds is 0. The molecule has 0 spiro atoms. The molecule has 0 amide bonds. The molecule has 0 saturated carbocycles. The van der Waals surface area contributed by atoms with Gasteiger partial charge in [0.2, 0.25) is 0 Å². The van der Waals surface area contributed by atoms with Crippen LogP contribution in [0.4, 0.5) is 0 Å². The molecule has 0 aliphatic rings. The molecule has 18 heteroatoms. The summed E-state index contributed by atoms with van der Waals surface area (Å²) in [4.78, 5) is 24.8. The molecule has 1 radical (unpaired) electrons. The normalized spacial score (nSPS) is 4.00. The monoisotopic (exact) mass is 428 g/mol. The largest absolute Gasteiger partial charge is 3.00 e. The van der Waals surface area contributed by atoms with Crippen molar-refractivity contribution in [1.82, 2.24) is 0 Å². The third kappa shape index (κ3) is 1750. The Hall–Kier alpha value is -1.26. The van der Waals surface area contributed by atoms with Crippen molar-refractivity contribution in [1.29, 1.82) is 0 Å². The van der Waals surface area contributed by atoms with Crippen LogP contribution in [0.15, 0.2) is 0 Å².